The van der Waals surface area contributed by atoms with E-state index in [2.05, 4.69) is 0 Å². The number of rotatable bonds is 2. The largest absolute Gasteiger partial charge is 0.492 e. The summed E-state index contributed by atoms with van der Waals surface area (Å²) in [5, 5.41) is 1.88. The Morgan fingerprint density at radius 2 is 2.35 bits per heavy atom. The van der Waals surface area contributed by atoms with Crippen LogP contribution in [0.4, 0.5) is 0 Å². The first kappa shape index (κ1) is 12.2. The van der Waals surface area contributed by atoms with Crippen molar-refractivity contribution >= 4 is 17.5 Å². The van der Waals surface area contributed by atoms with Gasteiger partial charge >= 0.3 is 0 Å². The first-order chi connectivity index (χ1) is 8.11. The van der Waals surface area contributed by atoms with E-state index in [1.54, 1.807) is 13.1 Å². The van der Waals surface area contributed by atoms with Crippen molar-refractivity contribution in [1.29, 1.82) is 0 Å². The van der Waals surface area contributed by atoms with Crippen LogP contribution in [-0.4, -0.2) is 31.7 Å². The molecule has 0 saturated heterocycles. The highest BCUT2D eigenvalue weighted by Crippen LogP contribution is 2.30. The number of hydrogen-bond donors (Lipinski definition) is 0. The summed E-state index contributed by atoms with van der Waals surface area (Å²) in [6.45, 7) is 0.376. The van der Waals surface area contributed by atoms with Gasteiger partial charge < -0.3 is 4.74 Å². The molecule has 1 unspecified atom stereocenters. The lowest BCUT2D eigenvalue weighted by molar-refractivity contribution is -0.174. The predicted octanol–water partition coefficient (Wildman–Crippen LogP) is 1.91. The van der Waals surface area contributed by atoms with Crippen molar-refractivity contribution in [1.82, 2.24) is 5.06 Å². The molecule has 1 heterocycles. The molecule has 1 amide bonds. The van der Waals surface area contributed by atoms with Crippen LogP contribution in [0.3, 0.4) is 0 Å². The molecule has 0 bridgehead atoms. The molecule has 5 heteroatoms. The summed E-state index contributed by atoms with van der Waals surface area (Å²) in [5.41, 5.74) is 0.964. The van der Waals surface area contributed by atoms with Gasteiger partial charge in [-0.15, -0.1) is 0 Å². The molecule has 1 aromatic carbocycles. The Labute approximate surface area is 105 Å². The lowest BCUT2D eigenvalue weighted by Gasteiger charge is -2.27. The van der Waals surface area contributed by atoms with E-state index < -0.39 is 0 Å². The van der Waals surface area contributed by atoms with Gasteiger partial charge in [-0.3, -0.25) is 9.63 Å². The molecule has 2 rings (SSSR count). The highest BCUT2D eigenvalue weighted by molar-refractivity contribution is 6.30. The summed E-state index contributed by atoms with van der Waals surface area (Å²) in [4.78, 5) is 16.8. The zero-order valence-electron chi connectivity index (χ0n) is 9.77. The van der Waals surface area contributed by atoms with Crippen LogP contribution in [0.2, 0.25) is 5.02 Å². The zero-order valence-corrected chi connectivity index (χ0v) is 10.5. The highest BCUT2D eigenvalue weighted by atomic mass is 35.5. The number of halogens is 1. The van der Waals surface area contributed by atoms with Gasteiger partial charge in [0.1, 0.15) is 12.4 Å². The molecule has 0 aromatic heterocycles. The summed E-state index contributed by atoms with van der Waals surface area (Å²) >= 11 is 5.92. The maximum absolute atomic E-state index is 11.9. The number of ether oxygens (including phenoxy) is 1. The van der Waals surface area contributed by atoms with Crippen molar-refractivity contribution in [2.45, 2.75) is 6.42 Å². The van der Waals surface area contributed by atoms with E-state index in [0.29, 0.717) is 18.1 Å². The minimum absolute atomic E-state index is 0.0851. The SMILES string of the molecule is CON(C)C(=O)C1COc2ccc(Cl)cc2C1. The van der Waals surface area contributed by atoms with E-state index in [4.69, 9.17) is 21.2 Å². The van der Waals surface area contributed by atoms with Crippen molar-refractivity contribution < 1.29 is 14.4 Å². The zero-order chi connectivity index (χ0) is 12.4. The van der Waals surface area contributed by atoms with E-state index in [0.717, 1.165) is 11.3 Å². The number of hydroxylamine groups is 2. The van der Waals surface area contributed by atoms with Gasteiger partial charge in [0.25, 0.3) is 5.91 Å². The van der Waals surface area contributed by atoms with Crippen LogP contribution in [-0.2, 0) is 16.1 Å². The van der Waals surface area contributed by atoms with Gasteiger partial charge in [-0.2, -0.15) is 0 Å². The number of carbonyl (C=O) groups excluding carboxylic acids is 1. The number of hydrogen-bond acceptors (Lipinski definition) is 3. The molecule has 17 heavy (non-hydrogen) atoms. The smallest absolute Gasteiger partial charge is 0.252 e. The minimum Gasteiger partial charge on any atom is -0.492 e. The maximum Gasteiger partial charge on any atom is 0.252 e. The fourth-order valence-electron chi connectivity index (χ4n) is 1.87. The molecule has 0 saturated carbocycles. The van der Waals surface area contributed by atoms with Crippen LogP contribution in [0, 0.1) is 5.92 Å². The van der Waals surface area contributed by atoms with Crippen molar-refractivity contribution in [2.75, 3.05) is 20.8 Å². The molecule has 0 aliphatic carbocycles. The predicted molar refractivity (Wildman–Crippen MR) is 63.9 cm³/mol. The minimum atomic E-state index is -0.217. The van der Waals surface area contributed by atoms with Gasteiger partial charge in [-0.25, -0.2) is 5.06 Å². The first-order valence-electron chi connectivity index (χ1n) is 5.34. The fourth-order valence-corrected chi connectivity index (χ4v) is 2.06. The molecule has 1 aliphatic rings. The van der Waals surface area contributed by atoms with E-state index in [9.17, 15) is 4.79 Å². The van der Waals surface area contributed by atoms with Crippen molar-refractivity contribution in [2.24, 2.45) is 5.92 Å². The van der Waals surface area contributed by atoms with Crippen molar-refractivity contribution in [3.05, 3.63) is 28.8 Å². The van der Waals surface area contributed by atoms with E-state index in [1.807, 2.05) is 12.1 Å². The maximum atomic E-state index is 11.9. The van der Waals surface area contributed by atoms with Crippen molar-refractivity contribution in [3.8, 4) is 5.75 Å². The summed E-state index contributed by atoms with van der Waals surface area (Å²) in [6.07, 6.45) is 0.627. The summed E-state index contributed by atoms with van der Waals surface area (Å²) in [6, 6.07) is 5.45. The second-order valence-electron chi connectivity index (χ2n) is 3.98. The summed E-state index contributed by atoms with van der Waals surface area (Å²) in [5.74, 6) is 0.502. The third-order valence-corrected chi connectivity index (χ3v) is 3.10. The molecule has 4 nitrogen and oxygen atoms in total. The highest BCUT2D eigenvalue weighted by Gasteiger charge is 2.28. The Balaban J connectivity index is 2.15. The summed E-state index contributed by atoms with van der Waals surface area (Å²) in [7, 11) is 3.06. The third-order valence-electron chi connectivity index (χ3n) is 2.86. The normalized spacial score (nSPS) is 18.2. The van der Waals surface area contributed by atoms with Crippen LogP contribution in [0.1, 0.15) is 5.56 Å². The lowest BCUT2D eigenvalue weighted by Crippen LogP contribution is -2.38. The Hall–Kier alpha value is -1.26. The second kappa shape index (κ2) is 4.94. The molecule has 92 valence electrons. The molecule has 1 atom stereocenters. The van der Waals surface area contributed by atoms with Gasteiger partial charge in [-0.1, -0.05) is 11.6 Å². The second-order valence-corrected chi connectivity index (χ2v) is 4.42. The Kier molecular flexibility index (Phi) is 3.54. The van der Waals surface area contributed by atoms with Gasteiger partial charge in [0.15, 0.2) is 0 Å². The molecular weight excluding hydrogens is 242 g/mol. The molecule has 0 spiro atoms. The van der Waals surface area contributed by atoms with Gasteiger partial charge in [0, 0.05) is 12.1 Å². The number of fused-ring (bicyclic) bond motifs is 1. The summed E-state index contributed by atoms with van der Waals surface area (Å²) < 4.78 is 5.55. The Morgan fingerprint density at radius 1 is 1.59 bits per heavy atom. The van der Waals surface area contributed by atoms with Crippen LogP contribution < -0.4 is 4.74 Å². The monoisotopic (exact) mass is 255 g/mol. The van der Waals surface area contributed by atoms with Crippen LogP contribution in [0.15, 0.2) is 18.2 Å². The van der Waals surface area contributed by atoms with E-state index in [1.165, 1.54) is 12.2 Å². The standard InChI is InChI=1S/C12H14ClNO3/c1-14(16-2)12(15)9-5-8-6-10(13)3-4-11(8)17-7-9/h3-4,6,9H,5,7H2,1-2H3. The molecule has 0 radical (unpaired) electrons. The number of benzene rings is 1. The Morgan fingerprint density at radius 3 is 3.06 bits per heavy atom. The fraction of sp³-hybridized carbons (Fsp3) is 0.417. The van der Waals surface area contributed by atoms with Crippen LogP contribution >= 0.6 is 11.6 Å². The quantitative estimate of drug-likeness (QED) is 0.758. The molecule has 0 N–H and O–H groups in total. The molecule has 0 fully saturated rings. The number of nitrogens with zero attached hydrogens (tertiary/aromatic N) is 1. The Bertz CT molecular complexity index is 436. The average Bonchev–Trinajstić information content (AvgIpc) is 2.36. The molecule has 1 aliphatic heterocycles. The van der Waals surface area contributed by atoms with Crippen LogP contribution in [0.5, 0.6) is 5.75 Å². The number of amides is 1. The van der Waals surface area contributed by atoms with Gasteiger partial charge in [-0.05, 0) is 30.2 Å². The van der Waals surface area contributed by atoms with Crippen molar-refractivity contribution in [3.63, 3.8) is 0 Å². The number of carbonyl (C=O) groups is 1. The topological polar surface area (TPSA) is 38.8 Å². The van der Waals surface area contributed by atoms with E-state index in [-0.39, 0.29) is 11.8 Å². The first-order valence-corrected chi connectivity index (χ1v) is 5.72. The third kappa shape index (κ3) is 2.53. The molecule has 1 aromatic rings. The van der Waals surface area contributed by atoms with E-state index >= 15 is 0 Å². The average molecular weight is 256 g/mol. The van der Waals surface area contributed by atoms with Gasteiger partial charge in [0.05, 0.1) is 13.0 Å². The molecular formula is C12H14ClNO3. The van der Waals surface area contributed by atoms with Crippen LogP contribution in [0.25, 0.3) is 0 Å². The lowest BCUT2D eigenvalue weighted by atomic mass is 9.96. The van der Waals surface area contributed by atoms with Gasteiger partial charge in [0.2, 0.25) is 0 Å².